The first-order chi connectivity index (χ1) is 14.2. The van der Waals surface area contributed by atoms with Crippen molar-refractivity contribution in [3.05, 3.63) is 108 Å². The van der Waals surface area contributed by atoms with Gasteiger partial charge in [-0.05, 0) is 23.3 Å². The van der Waals surface area contributed by atoms with Gasteiger partial charge < -0.3 is 9.72 Å². The molecule has 0 saturated carbocycles. The quantitative estimate of drug-likeness (QED) is 0.512. The highest BCUT2D eigenvalue weighted by Crippen LogP contribution is 2.27. The minimum absolute atomic E-state index is 0.00230. The highest BCUT2D eigenvalue weighted by molar-refractivity contribution is 5.77. The largest absolute Gasteiger partial charge is 0.356 e. The number of carbonyl (C=O) groups excluding carboxylic acids is 1. The number of rotatable bonds is 7. The Balaban J connectivity index is 1.39. The molecule has 2 aromatic heterocycles. The summed E-state index contributed by atoms with van der Waals surface area (Å²) in [5.74, 6) is -0.296. The Labute approximate surface area is 169 Å². The molecular formula is C24H22FN3O. The van der Waals surface area contributed by atoms with E-state index in [4.69, 9.17) is 0 Å². The molecule has 1 N–H and O–H groups in total. The van der Waals surface area contributed by atoms with Gasteiger partial charge in [-0.1, -0.05) is 60.7 Å². The van der Waals surface area contributed by atoms with Crippen molar-refractivity contribution in [1.82, 2.24) is 14.7 Å². The molecule has 0 unspecified atom stereocenters. The van der Waals surface area contributed by atoms with Gasteiger partial charge in [-0.3, -0.25) is 4.79 Å². The molecule has 2 heterocycles. The van der Waals surface area contributed by atoms with Crippen LogP contribution < -0.4 is 5.32 Å². The molecule has 146 valence electrons. The highest BCUT2D eigenvalue weighted by atomic mass is 19.1. The third-order valence-electron chi connectivity index (χ3n) is 4.96. The fourth-order valence-electron chi connectivity index (χ4n) is 3.52. The lowest BCUT2D eigenvalue weighted by atomic mass is 9.88. The molecule has 0 bridgehead atoms. The smallest absolute Gasteiger partial charge is 0.220 e. The molecule has 4 aromatic rings. The summed E-state index contributed by atoms with van der Waals surface area (Å²) in [4.78, 5) is 17.1. The van der Waals surface area contributed by atoms with E-state index in [1.165, 1.54) is 12.3 Å². The van der Waals surface area contributed by atoms with Crippen LogP contribution in [0.2, 0.25) is 0 Å². The molecule has 0 aliphatic rings. The van der Waals surface area contributed by atoms with E-state index in [2.05, 4.69) is 34.6 Å². The van der Waals surface area contributed by atoms with Crippen LogP contribution in [0.3, 0.4) is 0 Å². The van der Waals surface area contributed by atoms with Crippen LogP contribution in [0.4, 0.5) is 4.39 Å². The van der Waals surface area contributed by atoms with Gasteiger partial charge in [0.2, 0.25) is 5.91 Å². The number of amides is 1. The molecule has 0 aliphatic carbocycles. The van der Waals surface area contributed by atoms with Gasteiger partial charge >= 0.3 is 0 Å². The number of benzene rings is 2. The number of nitrogens with zero attached hydrogens (tertiary/aromatic N) is 2. The molecule has 0 atom stereocenters. The number of hydrogen-bond donors (Lipinski definition) is 1. The summed E-state index contributed by atoms with van der Waals surface area (Å²) < 4.78 is 15.0. The molecule has 0 aliphatic heterocycles. The van der Waals surface area contributed by atoms with Gasteiger partial charge in [0.15, 0.2) is 0 Å². The summed E-state index contributed by atoms with van der Waals surface area (Å²) in [7, 11) is 0. The number of fused-ring (bicyclic) bond motifs is 1. The van der Waals surface area contributed by atoms with E-state index < -0.39 is 0 Å². The molecule has 5 heteroatoms. The molecule has 0 fully saturated rings. The van der Waals surface area contributed by atoms with Gasteiger partial charge in [-0.15, -0.1) is 0 Å². The van der Waals surface area contributed by atoms with Gasteiger partial charge in [-0.2, -0.15) is 0 Å². The molecule has 2 aromatic carbocycles. The number of halogens is 1. The zero-order chi connectivity index (χ0) is 20.1. The second-order valence-corrected chi connectivity index (χ2v) is 7.02. The number of pyridine rings is 1. The van der Waals surface area contributed by atoms with Crippen molar-refractivity contribution in [3.8, 4) is 0 Å². The van der Waals surface area contributed by atoms with Crippen LogP contribution in [0.1, 0.15) is 29.2 Å². The molecule has 29 heavy (non-hydrogen) atoms. The van der Waals surface area contributed by atoms with Crippen molar-refractivity contribution < 1.29 is 9.18 Å². The Morgan fingerprint density at radius 1 is 0.931 bits per heavy atom. The maximum atomic E-state index is 13.3. The first kappa shape index (κ1) is 18.9. The summed E-state index contributed by atoms with van der Waals surface area (Å²) >= 11 is 0. The zero-order valence-electron chi connectivity index (χ0n) is 16.0. The Kier molecular flexibility index (Phi) is 5.66. The molecule has 4 nitrogen and oxygen atoms in total. The zero-order valence-corrected chi connectivity index (χ0v) is 16.0. The predicted molar refractivity (Wildman–Crippen MR) is 111 cm³/mol. The van der Waals surface area contributed by atoms with E-state index in [1.807, 2.05) is 36.4 Å². The maximum Gasteiger partial charge on any atom is 0.220 e. The van der Waals surface area contributed by atoms with Crippen LogP contribution in [-0.2, 0) is 11.2 Å². The summed E-state index contributed by atoms with van der Waals surface area (Å²) in [5, 5.41) is 2.99. The summed E-state index contributed by atoms with van der Waals surface area (Å²) in [5.41, 5.74) is 3.76. The summed E-state index contributed by atoms with van der Waals surface area (Å²) in [6.07, 6.45) is 4.16. The minimum atomic E-state index is -0.303. The van der Waals surface area contributed by atoms with Gasteiger partial charge in [0.1, 0.15) is 11.5 Å². The van der Waals surface area contributed by atoms with Crippen LogP contribution in [0.5, 0.6) is 0 Å². The van der Waals surface area contributed by atoms with Crippen molar-refractivity contribution >= 4 is 11.6 Å². The lowest BCUT2D eigenvalue weighted by Crippen LogP contribution is -2.27. The van der Waals surface area contributed by atoms with Crippen molar-refractivity contribution in [2.75, 3.05) is 6.54 Å². The van der Waals surface area contributed by atoms with Gasteiger partial charge in [0.25, 0.3) is 0 Å². The second kappa shape index (κ2) is 8.69. The molecule has 1 amide bonds. The molecule has 0 radical (unpaired) electrons. The first-order valence-electron chi connectivity index (χ1n) is 9.69. The lowest BCUT2D eigenvalue weighted by molar-refractivity contribution is -0.121. The Bertz CT molecular complexity index is 1050. The van der Waals surface area contributed by atoms with Crippen LogP contribution in [0.25, 0.3) is 5.65 Å². The topological polar surface area (TPSA) is 46.4 Å². The summed E-state index contributed by atoms with van der Waals surface area (Å²) in [6.45, 7) is 0.488. The fraction of sp³-hybridized carbons (Fsp3) is 0.167. The Morgan fingerprint density at radius 2 is 1.59 bits per heavy atom. The Hall–Kier alpha value is -3.47. The van der Waals surface area contributed by atoms with E-state index in [-0.39, 0.29) is 17.6 Å². The molecule has 0 spiro atoms. The Morgan fingerprint density at radius 3 is 2.24 bits per heavy atom. The van der Waals surface area contributed by atoms with Crippen LogP contribution in [0.15, 0.2) is 85.2 Å². The minimum Gasteiger partial charge on any atom is -0.356 e. The average molecular weight is 387 g/mol. The number of hydrogen-bond acceptors (Lipinski definition) is 2. The first-order valence-corrected chi connectivity index (χ1v) is 9.69. The van der Waals surface area contributed by atoms with E-state index in [9.17, 15) is 9.18 Å². The van der Waals surface area contributed by atoms with Crippen LogP contribution >= 0.6 is 0 Å². The van der Waals surface area contributed by atoms with Gasteiger partial charge in [0.05, 0.1) is 5.69 Å². The number of aromatic nitrogens is 2. The monoisotopic (exact) mass is 387 g/mol. The molecule has 0 saturated heterocycles. The third kappa shape index (κ3) is 4.69. The number of carbonyl (C=O) groups is 1. The van der Waals surface area contributed by atoms with Crippen LogP contribution in [0, 0.1) is 5.82 Å². The van der Waals surface area contributed by atoms with E-state index in [0.29, 0.717) is 25.0 Å². The van der Waals surface area contributed by atoms with Crippen molar-refractivity contribution in [2.45, 2.75) is 18.8 Å². The van der Waals surface area contributed by atoms with Crippen molar-refractivity contribution in [3.63, 3.8) is 0 Å². The van der Waals surface area contributed by atoms with E-state index in [1.54, 1.807) is 16.7 Å². The number of nitrogens with one attached hydrogen (secondary N) is 1. The fourth-order valence-corrected chi connectivity index (χ4v) is 3.52. The van der Waals surface area contributed by atoms with Crippen molar-refractivity contribution in [2.24, 2.45) is 0 Å². The summed E-state index contributed by atoms with van der Waals surface area (Å²) in [6, 6.07) is 23.2. The second-order valence-electron chi connectivity index (χ2n) is 7.02. The lowest BCUT2D eigenvalue weighted by Gasteiger charge is -2.17. The number of imidazole rings is 1. The third-order valence-corrected chi connectivity index (χ3v) is 4.96. The van der Waals surface area contributed by atoms with Crippen LogP contribution in [-0.4, -0.2) is 21.8 Å². The average Bonchev–Trinajstić information content (AvgIpc) is 3.15. The van der Waals surface area contributed by atoms with E-state index in [0.717, 1.165) is 16.8 Å². The standard InChI is InChI=1S/C24H22FN3O/c25-20-11-12-23-27-21(17-28(23)16-20)13-14-26-24(29)15-22(18-7-3-1-4-8-18)19-9-5-2-6-10-19/h1-12,16-17,22H,13-15H2,(H,26,29). The van der Waals surface area contributed by atoms with E-state index >= 15 is 0 Å². The predicted octanol–water partition coefficient (Wildman–Crippen LogP) is 4.35. The molecular weight excluding hydrogens is 365 g/mol. The van der Waals surface area contributed by atoms with Crippen molar-refractivity contribution in [1.29, 1.82) is 0 Å². The van der Waals surface area contributed by atoms with Gasteiger partial charge in [0, 0.05) is 37.7 Å². The molecule has 4 rings (SSSR count). The normalized spacial score (nSPS) is 11.1. The van der Waals surface area contributed by atoms with Gasteiger partial charge in [-0.25, -0.2) is 9.37 Å². The SMILES string of the molecule is O=C(CC(c1ccccc1)c1ccccc1)NCCc1cn2cc(F)ccc2n1. The maximum absolute atomic E-state index is 13.3. The highest BCUT2D eigenvalue weighted by Gasteiger charge is 2.17.